The summed E-state index contributed by atoms with van der Waals surface area (Å²) in [6, 6.07) is 19.7. The Morgan fingerprint density at radius 1 is 0.944 bits per heavy atom. The highest BCUT2D eigenvalue weighted by Gasteiger charge is 2.35. The second kappa shape index (κ2) is 10.9. The van der Waals surface area contributed by atoms with Crippen LogP contribution in [0.5, 0.6) is 17.2 Å². The van der Waals surface area contributed by atoms with Gasteiger partial charge in [0.05, 0.1) is 25.2 Å². The molecule has 1 aliphatic heterocycles. The molecule has 1 aliphatic rings. The van der Waals surface area contributed by atoms with E-state index in [1.54, 1.807) is 25.1 Å². The first kappa shape index (κ1) is 25.3. The quantitative estimate of drug-likeness (QED) is 0.281. The Morgan fingerprint density at radius 2 is 1.67 bits per heavy atom. The Kier molecular flexibility index (Phi) is 7.66. The van der Waals surface area contributed by atoms with Crippen LogP contribution in [0.15, 0.2) is 82.6 Å². The van der Waals surface area contributed by atoms with Crippen LogP contribution in [-0.2, 0) is 21.5 Å². The highest BCUT2D eigenvalue weighted by molar-refractivity contribution is 8.18. The van der Waals surface area contributed by atoms with Crippen molar-refractivity contribution < 1.29 is 31.7 Å². The molecule has 0 radical (unpaired) electrons. The standard InChI is InChI=1S/C26H23NO7S2/c1-3-33-23-15-19(9-14-22(23)34-36(30,31)21-12-10-20(32-2)11-13-21)16-24-25(28)27(26(29)35-24)17-18-7-5-4-6-8-18/h4-16H,3,17H2,1-2H3/b24-16-. The Morgan fingerprint density at radius 3 is 2.33 bits per heavy atom. The average molecular weight is 526 g/mol. The van der Waals surface area contributed by atoms with Gasteiger partial charge in [-0.05, 0) is 72.3 Å². The number of amides is 2. The molecule has 36 heavy (non-hydrogen) atoms. The van der Waals surface area contributed by atoms with Gasteiger partial charge in [0, 0.05) is 0 Å². The lowest BCUT2D eigenvalue weighted by Gasteiger charge is -2.13. The third-order valence-electron chi connectivity index (χ3n) is 5.17. The molecule has 3 aromatic rings. The lowest BCUT2D eigenvalue weighted by Crippen LogP contribution is -2.27. The number of ether oxygens (including phenoxy) is 2. The van der Waals surface area contributed by atoms with E-state index in [1.165, 1.54) is 42.3 Å². The van der Waals surface area contributed by atoms with Crippen LogP contribution >= 0.6 is 11.8 Å². The Hall–Kier alpha value is -3.76. The lowest BCUT2D eigenvalue weighted by molar-refractivity contribution is -0.123. The number of methoxy groups -OCH3 is 1. The summed E-state index contributed by atoms with van der Waals surface area (Å²) in [5, 5.41) is -0.356. The van der Waals surface area contributed by atoms with Crippen LogP contribution in [0, 0.1) is 0 Å². The zero-order valence-corrected chi connectivity index (χ0v) is 21.2. The van der Waals surface area contributed by atoms with E-state index in [1.807, 2.05) is 30.3 Å². The van der Waals surface area contributed by atoms with Gasteiger partial charge in [-0.3, -0.25) is 14.5 Å². The molecule has 2 amide bonds. The molecular formula is C26H23NO7S2. The van der Waals surface area contributed by atoms with Crippen molar-refractivity contribution in [3.05, 3.63) is 88.8 Å². The first-order valence-corrected chi connectivity index (χ1v) is 13.2. The molecule has 186 valence electrons. The second-order valence-electron chi connectivity index (χ2n) is 7.61. The topological polar surface area (TPSA) is 99.2 Å². The predicted octanol–water partition coefficient (Wildman–Crippen LogP) is 5.10. The average Bonchev–Trinajstić information content (AvgIpc) is 3.13. The first-order valence-electron chi connectivity index (χ1n) is 11.0. The molecule has 1 heterocycles. The van der Waals surface area contributed by atoms with E-state index in [0.29, 0.717) is 11.3 Å². The molecule has 1 saturated heterocycles. The van der Waals surface area contributed by atoms with E-state index in [4.69, 9.17) is 13.7 Å². The minimum atomic E-state index is -4.13. The summed E-state index contributed by atoms with van der Waals surface area (Å²) in [6.45, 7) is 2.20. The predicted molar refractivity (Wildman–Crippen MR) is 136 cm³/mol. The molecule has 1 fully saturated rings. The van der Waals surface area contributed by atoms with Crippen LogP contribution in [0.1, 0.15) is 18.1 Å². The smallest absolute Gasteiger partial charge is 0.339 e. The van der Waals surface area contributed by atoms with Gasteiger partial charge >= 0.3 is 10.1 Å². The monoisotopic (exact) mass is 525 g/mol. The number of carbonyl (C=O) groups is 2. The maximum atomic E-state index is 12.9. The number of thioether (sulfide) groups is 1. The summed E-state index contributed by atoms with van der Waals surface area (Å²) in [6.07, 6.45) is 1.57. The molecule has 3 aromatic carbocycles. The molecule has 0 aliphatic carbocycles. The van der Waals surface area contributed by atoms with Crippen molar-refractivity contribution in [1.29, 1.82) is 0 Å². The molecular weight excluding hydrogens is 502 g/mol. The van der Waals surface area contributed by atoms with Crippen LogP contribution < -0.4 is 13.7 Å². The van der Waals surface area contributed by atoms with Crippen LogP contribution in [0.2, 0.25) is 0 Å². The molecule has 0 bridgehead atoms. The first-order chi connectivity index (χ1) is 17.3. The summed E-state index contributed by atoms with van der Waals surface area (Å²) in [5.74, 6) is 0.310. The van der Waals surface area contributed by atoms with Gasteiger partial charge in [-0.2, -0.15) is 8.42 Å². The summed E-state index contributed by atoms with van der Waals surface area (Å²) in [7, 11) is -2.64. The summed E-state index contributed by atoms with van der Waals surface area (Å²) < 4.78 is 41.5. The fourth-order valence-electron chi connectivity index (χ4n) is 3.41. The van der Waals surface area contributed by atoms with Gasteiger partial charge in [0.2, 0.25) is 0 Å². The van der Waals surface area contributed by atoms with Crippen molar-refractivity contribution in [2.45, 2.75) is 18.4 Å². The van der Waals surface area contributed by atoms with Gasteiger partial charge in [-0.1, -0.05) is 36.4 Å². The maximum Gasteiger partial charge on any atom is 0.339 e. The number of imide groups is 1. The number of carbonyl (C=O) groups excluding carboxylic acids is 2. The number of benzene rings is 3. The van der Waals surface area contributed by atoms with E-state index in [2.05, 4.69) is 0 Å². The Bertz CT molecular complexity index is 1400. The van der Waals surface area contributed by atoms with Crippen molar-refractivity contribution in [3.8, 4) is 17.2 Å². The molecule has 0 spiro atoms. The van der Waals surface area contributed by atoms with E-state index < -0.39 is 16.0 Å². The Labute approximate surface area is 213 Å². The van der Waals surface area contributed by atoms with Crippen molar-refractivity contribution in [1.82, 2.24) is 4.90 Å². The van der Waals surface area contributed by atoms with Crippen LogP contribution in [0.25, 0.3) is 6.08 Å². The minimum Gasteiger partial charge on any atom is -0.497 e. The van der Waals surface area contributed by atoms with Crippen molar-refractivity contribution >= 4 is 39.1 Å². The van der Waals surface area contributed by atoms with Crippen molar-refractivity contribution in [2.24, 2.45) is 0 Å². The zero-order valence-electron chi connectivity index (χ0n) is 19.5. The number of hydrogen-bond donors (Lipinski definition) is 0. The van der Waals surface area contributed by atoms with E-state index in [-0.39, 0.29) is 39.7 Å². The normalized spacial score (nSPS) is 14.8. The Balaban J connectivity index is 1.56. The minimum absolute atomic E-state index is 0.00185. The largest absolute Gasteiger partial charge is 0.497 e. The van der Waals surface area contributed by atoms with E-state index in [0.717, 1.165) is 17.3 Å². The molecule has 10 heteroatoms. The third-order valence-corrected chi connectivity index (χ3v) is 7.33. The van der Waals surface area contributed by atoms with Gasteiger partial charge in [0.25, 0.3) is 11.1 Å². The number of nitrogens with zero attached hydrogens (tertiary/aromatic N) is 1. The molecule has 0 saturated carbocycles. The van der Waals surface area contributed by atoms with Gasteiger partial charge in [0.15, 0.2) is 11.5 Å². The zero-order chi connectivity index (χ0) is 25.7. The highest BCUT2D eigenvalue weighted by atomic mass is 32.2. The number of rotatable bonds is 9. The molecule has 4 rings (SSSR count). The molecule has 8 nitrogen and oxygen atoms in total. The highest BCUT2D eigenvalue weighted by Crippen LogP contribution is 2.36. The van der Waals surface area contributed by atoms with Crippen molar-refractivity contribution in [2.75, 3.05) is 13.7 Å². The lowest BCUT2D eigenvalue weighted by atomic mass is 10.1. The maximum absolute atomic E-state index is 12.9. The summed E-state index contributed by atoms with van der Waals surface area (Å²) >= 11 is 0.850. The van der Waals surface area contributed by atoms with Crippen LogP contribution in [-0.4, -0.2) is 38.2 Å². The third kappa shape index (κ3) is 5.72. The molecule has 0 N–H and O–H groups in total. The number of hydrogen-bond acceptors (Lipinski definition) is 8. The molecule has 0 atom stereocenters. The van der Waals surface area contributed by atoms with Crippen molar-refractivity contribution in [3.63, 3.8) is 0 Å². The molecule has 0 aromatic heterocycles. The van der Waals surface area contributed by atoms with Gasteiger partial charge in [-0.15, -0.1) is 0 Å². The second-order valence-corrected chi connectivity index (χ2v) is 10.1. The SMILES string of the molecule is CCOc1cc(/C=C2\SC(=O)N(Cc3ccccc3)C2=O)ccc1OS(=O)(=O)c1ccc(OC)cc1. The summed E-state index contributed by atoms with van der Waals surface area (Å²) in [4.78, 5) is 26.7. The fourth-order valence-corrected chi connectivity index (χ4v) is 5.19. The van der Waals surface area contributed by atoms with Crippen LogP contribution in [0.4, 0.5) is 4.79 Å². The van der Waals surface area contributed by atoms with Gasteiger partial charge < -0.3 is 13.7 Å². The van der Waals surface area contributed by atoms with E-state index in [9.17, 15) is 18.0 Å². The van der Waals surface area contributed by atoms with Crippen LogP contribution in [0.3, 0.4) is 0 Å². The fraction of sp³-hybridized carbons (Fsp3) is 0.154. The van der Waals surface area contributed by atoms with Gasteiger partial charge in [-0.25, -0.2) is 0 Å². The van der Waals surface area contributed by atoms with Gasteiger partial charge in [0.1, 0.15) is 10.6 Å². The summed E-state index contributed by atoms with van der Waals surface area (Å²) in [5.41, 5.74) is 1.40. The molecule has 0 unspecified atom stereocenters. The van der Waals surface area contributed by atoms with E-state index >= 15 is 0 Å².